The fraction of sp³-hybridized carbons (Fsp3) is 0.500. The molecule has 21 heavy (non-hydrogen) atoms. The average molecular weight is 301 g/mol. The van der Waals surface area contributed by atoms with Gasteiger partial charge >= 0.3 is 0 Å². The van der Waals surface area contributed by atoms with Crippen LogP contribution in [-0.4, -0.2) is 28.4 Å². The first-order chi connectivity index (χ1) is 10.0. The summed E-state index contributed by atoms with van der Waals surface area (Å²) in [6.45, 7) is 4.85. The van der Waals surface area contributed by atoms with E-state index in [-0.39, 0.29) is 5.91 Å². The highest BCUT2D eigenvalue weighted by Crippen LogP contribution is 2.41. The molecule has 4 nitrogen and oxygen atoms in total. The van der Waals surface area contributed by atoms with Gasteiger partial charge in [0.05, 0.1) is 5.69 Å². The molecular weight excluding hydrogens is 282 g/mol. The molecule has 0 spiro atoms. The summed E-state index contributed by atoms with van der Waals surface area (Å²) in [5.41, 5.74) is 8.79. The third kappa shape index (κ3) is 1.87. The van der Waals surface area contributed by atoms with Crippen molar-refractivity contribution >= 4 is 33.0 Å². The number of piperidine rings is 1. The summed E-state index contributed by atoms with van der Waals surface area (Å²) in [4.78, 5) is 20.1. The van der Waals surface area contributed by atoms with Crippen LogP contribution in [0.5, 0.6) is 0 Å². The SMILES string of the molecule is Cc1cc2sc(C(=O)N3CC4CCC3C4)c(N)c2c(C)n1. The first-order valence-electron chi connectivity index (χ1n) is 7.51. The first-order valence-corrected chi connectivity index (χ1v) is 8.33. The third-order valence-corrected chi connectivity index (χ3v) is 6.02. The Labute approximate surface area is 128 Å². The summed E-state index contributed by atoms with van der Waals surface area (Å²) in [6, 6.07) is 2.46. The van der Waals surface area contributed by atoms with Gasteiger partial charge in [-0.3, -0.25) is 9.78 Å². The molecule has 2 aliphatic rings. The number of aryl methyl sites for hydroxylation is 2. The van der Waals surface area contributed by atoms with E-state index in [1.54, 1.807) is 0 Å². The number of nitrogens with two attached hydrogens (primary N) is 1. The molecule has 1 saturated heterocycles. The largest absolute Gasteiger partial charge is 0.397 e. The van der Waals surface area contributed by atoms with Crippen molar-refractivity contribution in [1.82, 2.24) is 9.88 Å². The Kier molecular flexibility index (Phi) is 2.76. The zero-order valence-corrected chi connectivity index (χ0v) is 13.2. The van der Waals surface area contributed by atoms with Crippen LogP contribution in [0.25, 0.3) is 10.1 Å². The van der Waals surface area contributed by atoms with Crippen LogP contribution in [-0.2, 0) is 0 Å². The highest BCUT2D eigenvalue weighted by atomic mass is 32.1. The molecule has 2 fully saturated rings. The second-order valence-corrected chi connectivity index (χ2v) is 7.41. The maximum absolute atomic E-state index is 12.9. The van der Waals surface area contributed by atoms with Gasteiger partial charge in [0.1, 0.15) is 4.88 Å². The summed E-state index contributed by atoms with van der Waals surface area (Å²) >= 11 is 1.52. The second-order valence-electron chi connectivity index (χ2n) is 6.36. The zero-order valence-electron chi connectivity index (χ0n) is 12.3. The fourth-order valence-electron chi connectivity index (χ4n) is 3.94. The van der Waals surface area contributed by atoms with Crippen LogP contribution in [0.1, 0.15) is 40.3 Å². The Morgan fingerprint density at radius 1 is 1.43 bits per heavy atom. The predicted molar refractivity (Wildman–Crippen MR) is 85.7 cm³/mol. The van der Waals surface area contributed by atoms with Crippen molar-refractivity contribution in [1.29, 1.82) is 0 Å². The third-order valence-electron chi connectivity index (χ3n) is 4.88. The summed E-state index contributed by atoms with van der Waals surface area (Å²) < 4.78 is 1.07. The summed E-state index contributed by atoms with van der Waals surface area (Å²) in [5, 5.41) is 0.957. The first kappa shape index (κ1) is 13.1. The quantitative estimate of drug-likeness (QED) is 0.880. The fourth-order valence-corrected chi connectivity index (χ4v) is 5.17. The van der Waals surface area contributed by atoms with Crippen molar-refractivity contribution in [2.24, 2.45) is 5.92 Å². The van der Waals surface area contributed by atoms with Gasteiger partial charge in [-0.25, -0.2) is 0 Å². The van der Waals surface area contributed by atoms with Crippen LogP contribution in [0.15, 0.2) is 6.07 Å². The second kappa shape index (κ2) is 4.44. The van der Waals surface area contributed by atoms with E-state index in [4.69, 9.17) is 5.73 Å². The number of rotatable bonds is 1. The minimum Gasteiger partial charge on any atom is -0.397 e. The molecule has 1 aliphatic heterocycles. The maximum Gasteiger partial charge on any atom is 0.266 e. The summed E-state index contributed by atoms with van der Waals surface area (Å²) in [7, 11) is 0. The van der Waals surface area contributed by atoms with E-state index >= 15 is 0 Å². The maximum atomic E-state index is 12.9. The number of hydrogen-bond donors (Lipinski definition) is 1. The predicted octanol–water partition coefficient (Wildman–Crippen LogP) is 3.12. The number of anilines is 1. The molecule has 0 radical (unpaired) electrons. The van der Waals surface area contributed by atoms with Gasteiger partial charge in [-0.1, -0.05) is 0 Å². The highest BCUT2D eigenvalue weighted by molar-refractivity contribution is 7.21. The van der Waals surface area contributed by atoms with E-state index < -0.39 is 0 Å². The van der Waals surface area contributed by atoms with Gasteiger partial charge in [-0.2, -0.15) is 0 Å². The molecule has 2 unspecified atom stereocenters. The number of likely N-dealkylation sites (tertiary alicyclic amines) is 1. The number of hydrogen-bond acceptors (Lipinski definition) is 4. The number of nitrogen functional groups attached to an aromatic ring is 1. The van der Waals surface area contributed by atoms with Crippen molar-refractivity contribution in [3.63, 3.8) is 0 Å². The molecule has 2 bridgehead atoms. The molecule has 1 amide bonds. The lowest BCUT2D eigenvalue weighted by atomic mass is 10.1. The highest BCUT2D eigenvalue weighted by Gasteiger charge is 2.41. The number of carbonyl (C=O) groups is 1. The van der Waals surface area contributed by atoms with Gasteiger partial charge in [0.25, 0.3) is 5.91 Å². The molecule has 2 atom stereocenters. The Bertz CT molecular complexity index is 752. The van der Waals surface area contributed by atoms with Crippen molar-refractivity contribution in [3.05, 3.63) is 22.3 Å². The smallest absolute Gasteiger partial charge is 0.266 e. The van der Waals surface area contributed by atoms with Gasteiger partial charge in [-0.05, 0) is 45.1 Å². The Balaban J connectivity index is 1.78. The van der Waals surface area contributed by atoms with Crippen LogP contribution in [0.4, 0.5) is 5.69 Å². The minimum atomic E-state index is 0.123. The topological polar surface area (TPSA) is 59.2 Å². The van der Waals surface area contributed by atoms with Gasteiger partial charge in [0.15, 0.2) is 0 Å². The lowest BCUT2D eigenvalue weighted by Crippen LogP contribution is -2.37. The molecule has 1 saturated carbocycles. The molecule has 4 rings (SSSR count). The van der Waals surface area contributed by atoms with Gasteiger partial charge < -0.3 is 10.6 Å². The molecule has 2 aromatic rings. The number of aromatic nitrogens is 1. The Morgan fingerprint density at radius 3 is 2.90 bits per heavy atom. The van der Waals surface area contributed by atoms with E-state index in [2.05, 4.69) is 4.98 Å². The number of amides is 1. The molecule has 0 aromatic carbocycles. The van der Waals surface area contributed by atoms with Crippen LogP contribution in [0.3, 0.4) is 0 Å². The molecule has 1 aliphatic carbocycles. The van der Waals surface area contributed by atoms with Crippen molar-refractivity contribution < 1.29 is 4.79 Å². The molecule has 3 heterocycles. The molecule has 5 heteroatoms. The standard InChI is InChI=1S/C16H19N3OS/c1-8-5-12-13(9(2)18-8)14(17)15(21-12)16(20)19-7-10-3-4-11(19)6-10/h5,10-11H,3-4,6-7,17H2,1-2H3. The van der Waals surface area contributed by atoms with Crippen LogP contribution >= 0.6 is 11.3 Å². The number of nitrogens with zero attached hydrogens (tertiary/aromatic N) is 2. The number of thiophene rings is 1. The minimum absolute atomic E-state index is 0.123. The van der Waals surface area contributed by atoms with Crippen LogP contribution < -0.4 is 5.73 Å². The Morgan fingerprint density at radius 2 is 2.24 bits per heavy atom. The van der Waals surface area contributed by atoms with Crippen molar-refractivity contribution in [3.8, 4) is 0 Å². The normalized spacial score (nSPS) is 24.2. The van der Waals surface area contributed by atoms with E-state index in [1.807, 2.05) is 24.8 Å². The van der Waals surface area contributed by atoms with Gasteiger partial charge in [-0.15, -0.1) is 11.3 Å². The van der Waals surface area contributed by atoms with Crippen LogP contribution in [0.2, 0.25) is 0 Å². The molecule has 2 aromatic heterocycles. The summed E-state index contributed by atoms with van der Waals surface area (Å²) in [5.74, 6) is 0.832. The molecular formula is C16H19N3OS. The number of pyridine rings is 1. The monoisotopic (exact) mass is 301 g/mol. The van der Waals surface area contributed by atoms with Gasteiger partial charge in [0, 0.05) is 34.1 Å². The van der Waals surface area contributed by atoms with Crippen LogP contribution in [0, 0.1) is 19.8 Å². The average Bonchev–Trinajstić information content (AvgIpc) is 3.11. The molecule has 2 N–H and O–H groups in total. The van der Waals surface area contributed by atoms with Crippen molar-refractivity contribution in [2.45, 2.75) is 39.2 Å². The van der Waals surface area contributed by atoms with E-state index in [1.165, 1.54) is 24.2 Å². The lowest BCUT2D eigenvalue weighted by molar-refractivity contribution is 0.0709. The lowest BCUT2D eigenvalue weighted by Gasteiger charge is -2.26. The Hall–Kier alpha value is -1.62. The van der Waals surface area contributed by atoms with E-state index in [0.717, 1.165) is 34.4 Å². The zero-order chi connectivity index (χ0) is 14.7. The van der Waals surface area contributed by atoms with E-state index in [0.29, 0.717) is 22.5 Å². The van der Waals surface area contributed by atoms with E-state index in [9.17, 15) is 4.79 Å². The number of fused-ring (bicyclic) bond motifs is 3. The van der Waals surface area contributed by atoms with Gasteiger partial charge in [0.2, 0.25) is 0 Å². The molecule has 110 valence electrons. The van der Waals surface area contributed by atoms with Crippen molar-refractivity contribution in [2.75, 3.05) is 12.3 Å². The summed E-state index contributed by atoms with van der Waals surface area (Å²) in [6.07, 6.45) is 3.61. The number of carbonyl (C=O) groups excluding carboxylic acids is 1.